The van der Waals surface area contributed by atoms with Crippen LogP contribution in [0.2, 0.25) is 0 Å². The average Bonchev–Trinajstić information content (AvgIpc) is 2.51. The third-order valence-electron chi connectivity index (χ3n) is 2.44. The third kappa shape index (κ3) is 6.38. The second kappa shape index (κ2) is 8.52. The van der Waals surface area contributed by atoms with Crippen molar-refractivity contribution in [2.24, 2.45) is 0 Å². The smallest absolute Gasteiger partial charge is 0.344 e. The molecule has 1 aromatic rings. The van der Waals surface area contributed by atoms with Crippen molar-refractivity contribution in [2.45, 2.75) is 13.0 Å². The number of hydrogen-bond donors (Lipinski definition) is 0. The Morgan fingerprint density at radius 3 is 2.33 bits per heavy atom. The van der Waals surface area contributed by atoms with Crippen LogP contribution in [0.25, 0.3) is 0 Å². The van der Waals surface area contributed by atoms with Crippen molar-refractivity contribution in [1.82, 2.24) is 0 Å². The van der Waals surface area contributed by atoms with Crippen LogP contribution in [0, 0.1) is 0 Å². The van der Waals surface area contributed by atoms with Gasteiger partial charge in [-0.25, -0.2) is 9.59 Å². The van der Waals surface area contributed by atoms with Gasteiger partial charge in [-0.2, -0.15) is 0 Å². The van der Waals surface area contributed by atoms with Gasteiger partial charge < -0.3 is 14.2 Å². The van der Waals surface area contributed by atoms with Crippen molar-refractivity contribution >= 4 is 17.9 Å². The molecule has 0 heterocycles. The lowest BCUT2D eigenvalue weighted by atomic mass is 10.2. The van der Waals surface area contributed by atoms with Crippen molar-refractivity contribution in [2.75, 3.05) is 13.7 Å². The third-order valence-corrected chi connectivity index (χ3v) is 2.44. The lowest BCUT2D eigenvalue weighted by Gasteiger charge is -2.07. The fraction of sp³-hybridized carbons (Fsp3) is 0.267. The van der Waals surface area contributed by atoms with Gasteiger partial charge in [0, 0.05) is 5.57 Å². The molecule has 0 saturated heterocycles. The van der Waals surface area contributed by atoms with Crippen LogP contribution in [0.15, 0.2) is 42.5 Å². The van der Waals surface area contributed by atoms with E-state index in [1.165, 1.54) is 7.11 Å². The fourth-order valence-electron chi connectivity index (χ4n) is 1.32. The molecule has 0 saturated carbocycles. The standard InChI is InChI=1S/C15H16O6/c1-11(8-13(16)19-2)15(18)21-10-14(17)20-9-12-6-4-3-5-7-12/h3-7H,1,8-10H2,2H3. The number of carbonyl (C=O) groups excluding carboxylic acids is 3. The van der Waals surface area contributed by atoms with E-state index in [1.807, 2.05) is 18.2 Å². The minimum Gasteiger partial charge on any atom is -0.469 e. The van der Waals surface area contributed by atoms with Gasteiger partial charge in [-0.05, 0) is 5.56 Å². The van der Waals surface area contributed by atoms with E-state index in [-0.39, 0.29) is 18.6 Å². The first kappa shape index (κ1) is 16.4. The Morgan fingerprint density at radius 1 is 1.05 bits per heavy atom. The normalized spacial score (nSPS) is 9.57. The van der Waals surface area contributed by atoms with Crippen molar-refractivity contribution < 1.29 is 28.6 Å². The van der Waals surface area contributed by atoms with E-state index in [0.717, 1.165) is 5.56 Å². The molecular formula is C15H16O6. The SMILES string of the molecule is C=C(CC(=O)OC)C(=O)OCC(=O)OCc1ccccc1. The summed E-state index contributed by atoms with van der Waals surface area (Å²) in [5.41, 5.74) is 0.741. The van der Waals surface area contributed by atoms with Crippen LogP contribution in [0.4, 0.5) is 0 Å². The summed E-state index contributed by atoms with van der Waals surface area (Å²) in [5.74, 6) is -2.13. The first-order valence-electron chi connectivity index (χ1n) is 6.14. The molecule has 0 aliphatic rings. The highest BCUT2D eigenvalue weighted by atomic mass is 16.6. The largest absolute Gasteiger partial charge is 0.469 e. The number of methoxy groups -OCH3 is 1. The van der Waals surface area contributed by atoms with Crippen LogP contribution in [-0.4, -0.2) is 31.6 Å². The highest BCUT2D eigenvalue weighted by molar-refractivity contribution is 5.94. The molecule has 0 aliphatic carbocycles. The highest BCUT2D eigenvalue weighted by Gasteiger charge is 2.15. The highest BCUT2D eigenvalue weighted by Crippen LogP contribution is 2.04. The van der Waals surface area contributed by atoms with Crippen molar-refractivity contribution in [3.8, 4) is 0 Å². The van der Waals surface area contributed by atoms with Gasteiger partial charge in [0.25, 0.3) is 0 Å². The van der Waals surface area contributed by atoms with Crippen molar-refractivity contribution in [3.05, 3.63) is 48.0 Å². The van der Waals surface area contributed by atoms with E-state index in [0.29, 0.717) is 0 Å². The van der Waals surface area contributed by atoms with E-state index >= 15 is 0 Å². The Morgan fingerprint density at radius 2 is 1.71 bits per heavy atom. The zero-order chi connectivity index (χ0) is 15.7. The minimum absolute atomic E-state index is 0.0855. The zero-order valence-corrected chi connectivity index (χ0v) is 11.7. The molecule has 112 valence electrons. The molecule has 0 bridgehead atoms. The van der Waals surface area contributed by atoms with Gasteiger partial charge in [0.1, 0.15) is 6.61 Å². The Hall–Kier alpha value is -2.63. The molecule has 0 atom stereocenters. The van der Waals surface area contributed by atoms with Gasteiger partial charge in [-0.1, -0.05) is 36.9 Å². The molecule has 1 aromatic carbocycles. The van der Waals surface area contributed by atoms with E-state index in [9.17, 15) is 14.4 Å². The predicted molar refractivity (Wildman–Crippen MR) is 73.0 cm³/mol. The van der Waals surface area contributed by atoms with Crippen LogP contribution in [0.1, 0.15) is 12.0 Å². The topological polar surface area (TPSA) is 78.9 Å². The zero-order valence-electron chi connectivity index (χ0n) is 11.7. The summed E-state index contributed by atoms with van der Waals surface area (Å²) >= 11 is 0. The van der Waals surface area contributed by atoms with E-state index in [4.69, 9.17) is 4.74 Å². The number of esters is 3. The average molecular weight is 292 g/mol. The fourth-order valence-corrected chi connectivity index (χ4v) is 1.32. The molecule has 21 heavy (non-hydrogen) atoms. The lowest BCUT2D eigenvalue weighted by Crippen LogP contribution is -2.18. The molecule has 0 radical (unpaired) electrons. The Kier molecular flexibility index (Phi) is 6.67. The number of hydrogen-bond acceptors (Lipinski definition) is 6. The quantitative estimate of drug-likeness (QED) is 0.429. The number of rotatable bonds is 7. The molecule has 0 fully saturated rings. The molecular weight excluding hydrogens is 276 g/mol. The summed E-state index contributed by atoms with van der Waals surface area (Å²) < 4.78 is 14.0. The van der Waals surface area contributed by atoms with Gasteiger partial charge >= 0.3 is 17.9 Å². The molecule has 0 unspecified atom stereocenters. The van der Waals surface area contributed by atoms with Gasteiger partial charge in [0.15, 0.2) is 6.61 Å². The number of carbonyl (C=O) groups is 3. The van der Waals surface area contributed by atoms with Crippen LogP contribution in [0.3, 0.4) is 0 Å². The van der Waals surface area contributed by atoms with E-state index in [2.05, 4.69) is 16.1 Å². The second-order valence-corrected chi connectivity index (χ2v) is 4.08. The molecule has 0 N–H and O–H groups in total. The Bertz CT molecular complexity index is 520. The van der Waals surface area contributed by atoms with Gasteiger partial charge in [-0.15, -0.1) is 0 Å². The molecule has 0 spiro atoms. The van der Waals surface area contributed by atoms with E-state index in [1.54, 1.807) is 12.1 Å². The summed E-state index contributed by atoms with van der Waals surface area (Å²) in [4.78, 5) is 33.8. The molecule has 0 aliphatic heterocycles. The Balaban J connectivity index is 2.28. The van der Waals surface area contributed by atoms with Gasteiger partial charge in [0.2, 0.25) is 0 Å². The predicted octanol–water partition coefficient (Wildman–Crippen LogP) is 1.39. The summed E-state index contributed by atoms with van der Waals surface area (Å²) in [6.07, 6.45) is -0.283. The lowest BCUT2D eigenvalue weighted by molar-refractivity contribution is -0.157. The first-order chi connectivity index (χ1) is 10.0. The van der Waals surface area contributed by atoms with E-state index < -0.39 is 24.5 Å². The summed E-state index contributed by atoms with van der Waals surface area (Å²) in [6.45, 7) is 2.95. The van der Waals surface area contributed by atoms with Crippen molar-refractivity contribution in [3.63, 3.8) is 0 Å². The molecule has 6 heteroatoms. The number of ether oxygens (including phenoxy) is 3. The Labute approximate surface area is 122 Å². The molecule has 0 amide bonds. The molecule has 1 rings (SSSR count). The van der Waals surface area contributed by atoms with Crippen molar-refractivity contribution in [1.29, 1.82) is 0 Å². The second-order valence-electron chi connectivity index (χ2n) is 4.08. The van der Waals surface area contributed by atoms with Crippen LogP contribution in [-0.2, 0) is 35.2 Å². The minimum atomic E-state index is -0.836. The summed E-state index contributed by atoms with van der Waals surface area (Å²) in [5, 5.41) is 0. The van der Waals surface area contributed by atoms with Gasteiger partial charge in [-0.3, -0.25) is 4.79 Å². The first-order valence-corrected chi connectivity index (χ1v) is 6.14. The molecule has 6 nitrogen and oxygen atoms in total. The van der Waals surface area contributed by atoms with Crippen LogP contribution in [0.5, 0.6) is 0 Å². The monoisotopic (exact) mass is 292 g/mol. The van der Waals surface area contributed by atoms with Crippen LogP contribution >= 0.6 is 0 Å². The maximum Gasteiger partial charge on any atom is 0.344 e. The molecule has 0 aromatic heterocycles. The number of benzene rings is 1. The summed E-state index contributed by atoms with van der Waals surface area (Å²) in [6, 6.07) is 9.09. The summed E-state index contributed by atoms with van der Waals surface area (Å²) in [7, 11) is 1.20. The van der Waals surface area contributed by atoms with Crippen LogP contribution < -0.4 is 0 Å². The maximum absolute atomic E-state index is 11.4. The van der Waals surface area contributed by atoms with Gasteiger partial charge in [0.05, 0.1) is 13.5 Å². The maximum atomic E-state index is 11.4.